The number of carbonyl (C=O) groups is 2. The van der Waals surface area contributed by atoms with Crippen LogP contribution in [0.15, 0.2) is 0 Å². The van der Waals surface area contributed by atoms with Gasteiger partial charge in [0, 0.05) is 0 Å². The molecule has 0 aromatic rings. The average Bonchev–Trinajstić information content (AvgIpc) is 2.02. The molecule has 0 amide bonds. The molecule has 15 heavy (non-hydrogen) atoms. The zero-order valence-electron chi connectivity index (χ0n) is 7.28. The summed E-state index contributed by atoms with van der Waals surface area (Å²) in [6.45, 7) is 0. The van der Waals surface area contributed by atoms with E-state index >= 15 is 0 Å². The van der Waals surface area contributed by atoms with Crippen molar-refractivity contribution in [1.82, 2.24) is 0 Å². The number of terminal acetylenes is 1. The van der Waals surface area contributed by atoms with Crippen LogP contribution in [0.25, 0.3) is 0 Å². The van der Waals surface area contributed by atoms with E-state index in [4.69, 9.17) is 27.2 Å². The van der Waals surface area contributed by atoms with Crippen LogP contribution in [0.3, 0.4) is 0 Å². The van der Waals surface area contributed by atoms with Crippen molar-refractivity contribution in [3.05, 3.63) is 0 Å². The van der Waals surface area contributed by atoms with Gasteiger partial charge in [-0.1, -0.05) is 5.92 Å². The van der Waals surface area contributed by atoms with Gasteiger partial charge >= 0.3 is 18.1 Å². The van der Waals surface area contributed by atoms with Gasteiger partial charge < -0.3 is 15.9 Å². The van der Waals surface area contributed by atoms with Crippen molar-refractivity contribution >= 4 is 11.9 Å². The van der Waals surface area contributed by atoms with Crippen molar-refractivity contribution in [2.75, 3.05) is 0 Å². The zero-order valence-corrected chi connectivity index (χ0v) is 7.28. The van der Waals surface area contributed by atoms with E-state index in [-0.39, 0.29) is 6.42 Å². The minimum absolute atomic E-state index is 0.156. The number of hydrogen-bond acceptors (Lipinski definition) is 3. The van der Waals surface area contributed by atoms with Crippen molar-refractivity contribution in [3.8, 4) is 12.3 Å². The van der Waals surface area contributed by atoms with Gasteiger partial charge in [0.1, 0.15) is 0 Å². The molecule has 0 aromatic heterocycles. The topological polar surface area (TPSA) is 101 Å². The average molecular weight is 227 g/mol. The van der Waals surface area contributed by atoms with E-state index in [1.807, 2.05) is 0 Å². The molecule has 0 aliphatic carbocycles. The Morgan fingerprint density at radius 2 is 1.73 bits per heavy atom. The van der Waals surface area contributed by atoms with Gasteiger partial charge in [-0.2, -0.15) is 13.2 Å². The maximum atomic E-state index is 10.6. The molecule has 0 aliphatic rings. The van der Waals surface area contributed by atoms with Crippen LogP contribution in [0.4, 0.5) is 13.2 Å². The van der Waals surface area contributed by atoms with E-state index in [0.29, 0.717) is 0 Å². The number of carboxylic acid groups (broad SMARTS) is 2. The molecule has 4 N–H and O–H groups in total. The molecule has 0 bridgehead atoms. The first kappa shape index (κ1) is 15.7. The number of alkyl halides is 3. The van der Waals surface area contributed by atoms with Gasteiger partial charge in [-0.05, 0) is 0 Å². The third kappa shape index (κ3) is 12.2. The Bertz CT molecular complexity index is 268. The van der Waals surface area contributed by atoms with Gasteiger partial charge in [0.25, 0.3) is 0 Å². The maximum Gasteiger partial charge on any atom is 0.490 e. The second-order valence-corrected chi connectivity index (χ2v) is 2.17. The Labute approximate surface area is 82.7 Å². The van der Waals surface area contributed by atoms with Gasteiger partial charge in [0.2, 0.25) is 0 Å². The molecular weight excluding hydrogens is 219 g/mol. The third-order valence-electron chi connectivity index (χ3n) is 0.851. The van der Waals surface area contributed by atoms with Crippen molar-refractivity contribution in [1.29, 1.82) is 0 Å². The van der Waals surface area contributed by atoms with Crippen molar-refractivity contribution < 1.29 is 33.0 Å². The molecule has 1 unspecified atom stereocenters. The van der Waals surface area contributed by atoms with Gasteiger partial charge in [0.15, 0.2) is 0 Å². The number of nitrogens with two attached hydrogens (primary N) is 1. The molecule has 0 saturated heterocycles. The first-order chi connectivity index (χ1) is 6.61. The molecule has 86 valence electrons. The minimum atomic E-state index is -5.08. The molecule has 0 saturated carbocycles. The summed E-state index contributed by atoms with van der Waals surface area (Å²) < 4.78 is 31.7. The SMILES string of the molecule is C#CC(N)CC(=O)O.O=C(O)C(F)(F)F. The van der Waals surface area contributed by atoms with Crippen LogP contribution in [-0.2, 0) is 9.59 Å². The summed E-state index contributed by atoms with van der Waals surface area (Å²) in [7, 11) is 0. The molecular formula is C7H8F3NO4. The summed E-state index contributed by atoms with van der Waals surface area (Å²) in [5, 5.41) is 15.2. The smallest absolute Gasteiger partial charge is 0.481 e. The lowest BCUT2D eigenvalue weighted by Crippen LogP contribution is -2.21. The third-order valence-corrected chi connectivity index (χ3v) is 0.851. The second kappa shape index (κ2) is 6.67. The molecule has 0 rings (SSSR count). The standard InChI is InChI=1S/C5H7NO2.C2HF3O2/c1-2-4(6)3-5(7)8;3-2(4,5)1(6)7/h1,4H,3,6H2,(H,7,8);(H,6,7). The van der Waals surface area contributed by atoms with Crippen LogP contribution in [0.1, 0.15) is 6.42 Å². The fourth-order valence-electron chi connectivity index (χ4n) is 0.247. The Morgan fingerprint density at radius 1 is 1.40 bits per heavy atom. The number of halogens is 3. The van der Waals surface area contributed by atoms with Crippen LogP contribution in [0.5, 0.6) is 0 Å². The quantitative estimate of drug-likeness (QED) is 0.579. The van der Waals surface area contributed by atoms with E-state index in [2.05, 4.69) is 5.92 Å². The number of aliphatic carboxylic acids is 2. The minimum Gasteiger partial charge on any atom is -0.481 e. The largest absolute Gasteiger partial charge is 0.490 e. The Morgan fingerprint density at radius 3 is 1.80 bits per heavy atom. The Kier molecular flexibility index (Phi) is 6.98. The normalized spacial score (nSPS) is 11.7. The van der Waals surface area contributed by atoms with Crippen molar-refractivity contribution in [3.63, 3.8) is 0 Å². The van der Waals surface area contributed by atoms with Crippen molar-refractivity contribution in [2.24, 2.45) is 5.73 Å². The van der Waals surface area contributed by atoms with E-state index in [1.54, 1.807) is 0 Å². The fraction of sp³-hybridized carbons (Fsp3) is 0.429. The number of carboxylic acids is 2. The van der Waals surface area contributed by atoms with Crippen molar-refractivity contribution in [2.45, 2.75) is 18.6 Å². The Balaban J connectivity index is 0. The molecule has 0 aromatic carbocycles. The number of hydrogen-bond donors (Lipinski definition) is 3. The van der Waals surface area contributed by atoms with Crippen LogP contribution in [0.2, 0.25) is 0 Å². The molecule has 8 heteroatoms. The predicted molar refractivity (Wildman–Crippen MR) is 42.8 cm³/mol. The van der Waals surface area contributed by atoms with E-state index in [0.717, 1.165) is 0 Å². The molecule has 1 atom stereocenters. The molecule has 0 fully saturated rings. The molecule has 0 spiro atoms. The summed E-state index contributed by atoms with van der Waals surface area (Å²) in [5.74, 6) is -1.63. The second-order valence-electron chi connectivity index (χ2n) is 2.17. The van der Waals surface area contributed by atoms with Crippen LogP contribution < -0.4 is 5.73 Å². The summed E-state index contributed by atoms with van der Waals surface area (Å²) in [6.07, 6.45) is -0.458. The molecule has 0 radical (unpaired) electrons. The van der Waals surface area contributed by atoms with E-state index < -0.39 is 24.2 Å². The highest BCUT2D eigenvalue weighted by atomic mass is 19.4. The van der Waals surface area contributed by atoms with Crippen LogP contribution in [-0.4, -0.2) is 34.4 Å². The summed E-state index contributed by atoms with van der Waals surface area (Å²) in [6, 6.07) is -0.646. The number of rotatable bonds is 2. The van der Waals surface area contributed by atoms with Gasteiger partial charge in [-0.15, -0.1) is 6.42 Å². The van der Waals surface area contributed by atoms with Gasteiger partial charge in [-0.3, -0.25) is 4.79 Å². The lowest BCUT2D eigenvalue weighted by Gasteiger charge is -1.94. The molecule has 5 nitrogen and oxygen atoms in total. The first-order valence-corrected chi connectivity index (χ1v) is 3.34. The summed E-state index contributed by atoms with van der Waals surface area (Å²) in [5.41, 5.74) is 5.06. The van der Waals surface area contributed by atoms with Crippen LogP contribution in [0, 0.1) is 12.3 Å². The maximum absolute atomic E-state index is 10.6. The monoisotopic (exact) mass is 227 g/mol. The van der Waals surface area contributed by atoms with Gasteiger partial charge in [0.05, 0.1) is 12.5 Å². The molecule has 0 heterocycles. The van der Waals surface area contributed by atoms with Gasteiger partial charge in [-0.25, -0.2) is 4.79 Å². The Hall–Kier alpha value is -1.75. The lowest BCUT2D eigenvalue weighted by molar-refractivity contribution is -0.192. The fourth-order valence-corrected chi connectivity index (χ4v) is 0.247. The predicted octanol–water partition coefficient (Wildman–Crippen LogP) is 0.0549. The highest BCUT2D eigenvalue weighted by molar-refractivity contribution is 5.73. The van der Waals surface area contributed by atoms with E-state index in [9.17, 15) is 18.0 Å². The zero-order chi connectivity index (χ0) is 12.6. The highest BCUT2D eigenvalue weighted by Crippen LogP contribution is 2.13. The lowest BCUT2D eigenvalue weighted by atomic mass is 10.2. The summed E-state index contributed by atoms with van der Waals surface area (Å²) in [4.78, 5) is 18.7. The summed E-state index contributed by atoms with van der Waals surface area (Å²) >= 11 is 0. The molecule has 0 aliphatic heterocycles. The first-order valence-electron chi connectivity index (χ1n) is 3.34. The highest BCUT2D eigenvalue weighted by Gasteiger charge is 2.38. The van der Waals surface area contributed by atoms with E-state index in [1.165, 1.54) is 0 Å². The van der Waals surface area contributed by atoms with Crippen LogP contribution >= 0.6 is 0 Å².